The smallest absolute Gasteiger partial charge is 0.315 e. The zero-order valence-corrected chi connectivity index (χ0v) is 17.8. The molecule has 1 aliphatic carbocycles. The molecule has 2 fully saturated rings. The predicted octanol–water partition coefficient (Wildman–Crippen LogP) is 3.19. The Balaban J connectivity index is 1.49. The first kappa shape index (κ1) is 21.7. The molecule has 3 N–H and O–H groups in total. The summed E-state index contributed by atoms with van der Waals surface area (Å²) >= 11 is 0. The third kappa shape index (κ3) is 6.49. The highest BCUT2D eigenvalue weighted by Gasteiger charge is 2.29. The Kier molecular flexibility index (Phi) is 7.98. The number of urea groups is 1. The van der Waals surface area contributed by atoms with Gasteiger partial charge in [-0.3, -0.25) is 9.69 Å². The molecule has 3 atom stereocenters. The SMILES string of the molecule is CC(C)NC(=O)C1CCCC(NC(=O)NCC(c2ccco2)N2CCCCC2)C1. The van der Waals surface area contributed by atoms with Crippen molar-refractivity contribution < 1.29 is 14.0 Å². The first-order chi connectivity index (χ1) is 14.0. The van der Waals surface area contributed by atoms with Gasteiger partial charge in [0.2, 0.25) is 5.91 Å². The van der Waals surface area contributed by atoms with Crippen LogP contribution in [0.15, 0.2) is 22.8 Å². The van der Waals surface area contributed by atoms with Crippen molar-refractivity contribution in [2.75, 3.05) is 19.6 Å². The van der Waals surface area contributed by atoms with Gasteiger partial charge in [-0.2, -0.15) is 0 Å². The average molecular weight is 405 g/mol. The number of carbonyl (C=O) groups is 2. The molecule has 1 aliphatic heterocycles. The van der Waals surface area contributed by atoms with Crippen LogP contribution in [-0.2, 0) is 4.79 Å². The molecule has 0 aromatic carbocycles. The fourth-order valence-electron chi connectivity index (χ4n) is 4.51. The van der Waals surface area contributed by atoms with E-state index in [4.69, 9.17) is 4.42 Å². The number of carbonyl (C=O) groups excluding carboxylic acids is 2. The van der Waals surface area contributed by atoms with Gasteiger partial charge in [0.05, 0.1) is 12.3 Å². The van der Waals surface area contributed by atoms with Crippen LogP contribution >= 0.6 is 0 Å². The summed E-state index contributed by atoms with van der Waals surface area (Å²) < 4.78 is 5.65. The molecule has 3 rings (SSSR count). The molecule has 3 amide bonds. The molecule has 1 saturated carbocycles. The Bertz CT molecular complexity index is 640. The van der Waals surface area contributed by atoms with Gasteiger partial charge in [0, 0.05) is 24.5 Å². The Hall–Kier alpha value is -2.02. The molecule has 0 radical (unpaired) electrons. The second kappa shape index (κ2) is 10.7. The first-order valence-corrected chi connectivity index (χ1v) is 11.1. The van der Waals surface area contributed by atoms with Crippen LogP contribution in [0, 0.1) is 5.92 Å². The molecular formula is C22H36N4O3. The van der Waals surface area contributed by atoms with Gasteiger partial charge in [-0.15, -0.1) is 0 Å². The molecule has 0 spiro atoms. The molecule has 2 aliphatic rings. The van der Waals surface area contributed by atoms with E-state index in [0.717, 1.165) is 38.1 Å². The lowest BCUT2D eigenvalue weighted by molar-refractivity contribution is -0.126. The van der Waals surface area contributed by atoms with Crippen molar-refractivity contribution in [3.8, 4) is 0 Å². The van der Waals surface area contributed by atoms with Crippen LogP contribution in [0.1, 0.15) is 70.6 Å². The maximum atomic E-state index is 12.6. The maximum absolute atomic E-state index is 12.6. The molecule has 1 aromatic heterocycles. The highest BCUT2D eigenvalue weighted by atomic mass is 16.3. The van der Waals surface area contributed by atoms with Crippen LogP contribution < -0.4 is 16.0 Å². The van der Waals surface area contributed by atoms with Gasteiger partial charge in [-0.25, -0.2) is 4.79 Å². The summed E-state index contributed by atoms with van der Waals surface area (Å²) in [4.78, 5) is 27.3. The fourth-order valence-corrected chi connectivity index (χ4v) is 4.51. The third-order valence-electron chi connectivity index (χ3n) is 5.97. The number of furan rings is 1. The molecule has 162 valence electrons. The third-order valence-corrected chi connectivity index (χ3v) is 5.97. The monoisotopic (exact) mass is 404 g/mol. The second-order valence-electron chi connectivity index (χ2n) is 8.71. The van der Waals surface area contributed by atoms with E-state index in [1.54, 1.807) is 6.26 Å². The molecular weight excluding hydrogens is 368 g/mol. The van der Waals surface area contributed by atoms with Crippen LogP contribution in [0.2, 0.25) is 0 Å². The number of likely N-dealkylation sites (tertiary alicyclic amines) is 1. The number of rotatable bonds is 7. The fraction of sp³-hybridized carbons (Fsp3) is 0.727. The van der Waals surface area contributed by atoms with Gasteiger partial charge in [-0.05, 0) is 71.2 Å². The van der Waals surface area contributed by atoms with Crippen LogP contribution in [0.25, 0.3) is 0 Å². The molecule has 2 heterocycles. The molecule has 1 saturated heterocycles. The van der Waals surface area contributed by atoms with Crippen LogP contribution in [0.5, 0.6) is 0 Å². The second-order valence-corrected chi connectivity index (χ2v) is 8.71. The highest BCUT2D eigenvalue weighted by molar-refractivity contribution is 5.79. The first-order valence-electron chi connectivity index (χ1n) is 11.1. The van der Waals surface area contributed by atoms with Crippen molar-refractivity contribution >= 4 is 11.9 Å². The molecule has 29 heavy (non-hydrogen) atoms. The van der Waals surface area contributed by atoms with Crippen LogP contribution in [0.4, 0.5) is 4.79 Å². The average Bonchev–Trinajstić information content (AvgIpc) is 3.23. The largest absolute Gasteiger partial charge is 0.468 e. The summed E-state index contributed by atoms with van der Waals surface area (Å²) in [5.41, 5.74) is 0. The summed E-state index contributed by atoms with van der Waals surface area (Å²) in [5.74, 6) is 0.992. The Morgan fingerprint density at radius 3 is 2.66 bits per heavy atom. The number of piperidine rings is 1. The van der Waals surface area contributed by atoms with Crippen molar-refractivity contribution in [1.29, 1.82) is 0 Å². The van der Waals surface area contributed by atoms with Gasteiger partial charge < -0.3 is 20.4 Å². The summed E-state index contributed by atoms with van der Waals surface area (Å²) in [7, 11) is 0. The van der Waals surface area contributed by atoms with Crippen molar-refractivity contribution in [2.24, 2.45) is 5.92 Å². The van der Waals surface area contributed by atoms with E-state index >= 15 is 0 Å². The molecule has 0 bridgehead atoms. The predicted molar refractivity (Wildman–Crippen MR) is 112 cm³/mol. The normalized spacial score (nSPS) is 24.1. The maximum Gasteiger partial charge on any atom is 0.315 e. The van der Waals surface area contributed by atoms with Crippen molar-refractivity contribution in [3.05, 3.63) is 24.2 Å². The lowest BCUT2D eigenvalue weighted by Gasteiger charge is -2.34. The van der Waals surface area contributed by atoms with Gasteiger partial charge >= 0.3 is 6.03 Å². The number of hydrogen-bond acceptors (Lipinski definition) is 4. The minimum Gasteiger partial charge on any atom is -0.468 e. The van der Waals surface area contributed by atoms with E-state index < -0.39 is 0 Å². The summed E-state index contributed by atoms with van der Waals surface area (Å²) in [6.07, 6.45) is 8.82. The number of nitrogens with zero attached hydrogens (tertiary/aromatic N) is 1. The van der Waals surface area contributed by atoms with E-state index in [1.807, 2.05) is 26.0 Å². The summed E-state index contributed by atoms with van der Waals surface area (Å²) in [5, 5.41) is 9.12. The number of hydrogen-bond donors (Lipinski definition) is 3. The van der Waals surface area contributed by atoms with Gasteiger partial charge in [0.1, 0.15) is 5.76 Å². The molecule has 7 nitrogen and oxygen atoms in total. The Morgan fingerprint density at radius 1 is 1.17 bits per heavy atom. The van der Waals surface area contributed by atoms with E-state index in [9.17, 15) is 9.59 Å². The van der Waals surface area contributed by atoms with Gasteiger partial charge in [-0.1, -0.05) is 12.8 Å². The van der Waals surface area contributed by atoms with Crippen LogP contribution in [-0.4, -0.2) is 48.6 Å². The van der Waals surface area contributed by atoms with E-state index in [0.29, 0.717) is 13.0 Å². The quantitative estimate of drug-likeness (QED) is 0.651. The Morgan fingerprint density at radius 2 is 1.97 bits per heavy atom. The number of amides is 3. The zero-order valence-electron chi connectivity index (χ0n) is 17.8. The lowest BCUT2D eigenvalue weighted by Crippen LogP contribution is -2.48. The van der Waals surface area contributed by atoms with Crippen molar-refractivity contribution in [1.82, 2.24) is 20.9 Å². The van der Waals surface area contributed by atoms with Crippen molar-refractivity contribution in [2.45, 2.75) is 76.9 Å². The van der Waals surface area contributed by atoms with Gasteiger partial charge in [0.15, 0.2) is 0 Å². The molecule has 3 unspecified atom stereocenters. The lowest BCUT2D eigenvalue weighted by atomic mass is 9.85. The zero-order chi connectivity index (χ0) is 20.6. The van der Waals surface area contributed by atoms with Crippen LogP contribution in [0.3, 0.4) is 0 Å². The van der Waals surface area contributed by atoms with E-state index in [2.05, 4.69) is 20.9 Å². The minimum absolute atomic E-state index is 0.0133. The highest BCUT2D eigenvalue weighted by Crippen LogP contribution is 2.26. The molecule has 1 aromatic rings. The summed E-state index contributed by atoms with van der Waals surface area (Å²) in [6, 6.07) is 3.98. The standard InChI is InChI=1S/C22H36N4O3/c1-16(2)24-21(27)17-8-6-9-18(14-17)25-22(28)23-15-19(20-10-7-13-29-20)26-11-4-3-5-12-26/h7,10,13,16-19H,3-6,8-9,11-12,14-15H2,1-2H3,(H,24,27)(H2,23,25,28). The Labute approximate surface area is 174 Å². The topological polar surface area (TPSA) is 86.6 Å². The van der Waals surface area contributed by atoms with E-state index in [-0.39, 0.29) is 36.0 Å². The molecule has 7 heteroatoms. The summed E-state index contributed by atoms with van der Waals surface area (Å²) in [6.45, 7) is 6.53. The van der Waals surface area contributed by atoms with Crippen molar-refractivity contribution in [3.63, 3.8) is 0 Å². The van der Waals surface area contributed by atoms with Gasteiger partial charge in [0.25, 0.3) is 0 Å². The minimum atomic E-state index is -0.159. The number of nitrogens with one attached hydrogen (secondary N) is 3. The van der Waals surface area contributed by atoms with E-state index in [1.165, 1.54) is 19.3 Å².